The molecule has 0 amide bonds. The van der Waals surface area contributed by atoms with E-state index in [1.165, 1.54) is 0 Å². The zero-order valence-electron chi connectivity index (χ0n) is 10.5. The van der Waals surface area contributed by atoms with Crippen molar-refractivity contribution in [2.24, 2.45) is 11.7 Å². The molecule has 2 atom stereocenters. The number of sulfone groups is 1. The van der Waals surface area contributed by atoms with E-state index in [0.29, 0.717) is 5.89 Å². The van der Waals surface area contributed by atoms with E-state index in [2.05, 4.69) is 10.1 Å². The molecular formula is C10H19N3O3S. The number of hydrogen-bond acceptors (Lipinski definition) is 6. The minimum absolute atomic E-state index is 0.0594. The quantitative estimate of drug-likeness (QED) is 0.837. The molecule has 0 bridgehead atoms. The van der Waals surface area contributed by atoms with Gasteiger partial charge in [0.05, 0.1) is 5.92 Å². The standard InChI is InChI=1S/C10H19N3O3S/c1-6(2)9(7(3)11)10-12-8(13-16-10)5-17(4,14)15/h6-7,9H,5,11H2,1-4H3. The summed E-state index contributed by atoms with van der Waals surface area (Å²) >= 11 is 0. The lowest BCUT2D eigenvalue weighted by atomic mass is 9.90. The highest BCUT2D eigenvalue weighted by atomic mass is 32.2. The Hall–Kier alpha value is -0.950. The van der Waals surface area contributed by atoms with Crippen LogP contribution >= 0.6 is 0 Å². The number of aromatic nitrogens is 2. The van der Waals surface area contributed by atoms with Gasteiger partial charge in [-0.1, -0.05) is 19.0 Å². The highest BCUT2D eigenvalue weighted by Crippen LogP contribution is 2.25. The lowest BCUT2D eigenvalue weighted by molar-refractivity contribution is 0.299. The first-order valence-electron chi connectivity index (χ1n) is 5.46. The lowest BCUT2D eigenvalue weighted by Crippen LogP contribution is -2.28. The second-order valence-electron chi connectivity index (χ2n) is 4.75. The largest absolute Gasteiger partial charge is 0.339 e. The van der Waals surface area contributed by atoms with Crippen LogP contribution in [0.5, 0.6) is 0 Å². The second kappa shape index (κ2) is 5.14. The first-order chi connectivity index (χ1) is 7.70. The molecule has 17 heavy (non-hydrogen) atoms. The van der Waals surface area contributed by atoms with E-state index in [1.807, 2.05) is 20.8 Å². The summed E-state index contributed by atoms with van der Waals surface area (Å²) in [6.07, 6.45) is 1.13. The summed E-state index contributed by atoms with van der Waals surface area (Å²) in [5, 5.41) is 3.67. The van der Waals surface area contributed by atoms with Crippen LogP contribution in [-0.4, -0.2) is 30.9 Å². The van der Waals surface area contributed by atoms with Gasteiger partial charge in [-0.05, 0) is 12.8 Å². The van der Waals surface area contributed by atoms with Gasteiger partial charge in [0.25, 0.3) is 0 Å². The van der Waals surface area contributed by atoms with Crippen LogP contribution in [0.1, 0.15) is 38.4 Å². The van der Waals surface area contributed by atoms with Crippen LogP contribution in [0.2, 0.25) is 0 Å². The zero-order chi connectivity index (χ0) is 13.2. The van der Waals surface area contributed by atoms with Crippen molar-refractivity contribution in [3.63, 3.8) is 0 Å². The van der Waals surface area contributed by atoms with Crippen molar-refractivity contribution in [2.75, 3.05) is 6.26 Å². The number of rotatable bonds is 5. The normalized spacial score (nSPS) is 16.1. The average Bonchev–Trinajstić information content (AvgIpc) is 2.47. The first-order valence-corrected chi connectivity index (χ1v) is 7.52. The summed E-state index contributed by atoms with van der Waals surface area (Å²) in [6, 6.07) is -0.124. The van der Waals surface area contributed by atoms with Crippen molar-refractivity contribution in [3.05, 3.63) is 11.7 Å². The van der Waals surface area contributed by atoms with Gasteiger partial charge >= 0.3 is 0 Å². The predicted octanol–water partition coefficient (Wildman–Crippen LogP) is 0.701. The molecule has 0 spiro atoms. The van der Waals surface area contributed by atoms with Crippen LogP contribution in [0, 0.1) is 5.92 Å². The van der Waals surface area contributed by atoms with Gasteiger partial charge in [-0.2, -0.15) is 4.98 Å². The van der Waals surface area contributed by atoms with E-state index in [0.717, 1.165) is 6.26 Å². The Morgan fingerprint density at radius 3 is 2.35 bits per heavy atom. The molecule has 0 saturated heterocycles. The lowest BCUT2D eigenvalue weighted by Gasteiger charge is -2.20. The van der Waals surface area contributed by atoms with Crippen molar-refractivity contribution in [1.29, 1.82) is 0 Å². The van der Waals surface area contributed by atoms with Crippen LogP contribution < -0.4 is 5.73 Å². The minimum atomic E-state index is -3.15. The number of nitrogens with two attached hydrogens (primary N) is 1. The van der Waals surface area contributed by atoms with Crippen LogP contribution in [0.15, 0.2) is 4.52 Å². The molecule has 1 aromatic heterocycles. The van der Waals surface area contributed by atoms with E-state index in [1.54, 1.807) is 0 Å². The Kier molecular flexibility index (Phi) is 4.26. The summed E-state index contributed by atoms with van der Waals surface area (Å²) in [7, 11) is -3.15. The van der Waals surface area contributed by atoms with Gasteiger partial charge < -0.3 is 10.3 Å². The van der Waals surface area contributed by atoms with Crippen LogP contribution in [-0.2, 0) is 15.6 Å². The Morgan fingerprint density at radius 1 is 1.35 bits per heavy atom. The van der Waals surface area contributed by atoms with E-state index in [9.17, 15) is 8.42 Å². The smallest absolute Gasteiger partial charge is 0.231 e. The third kappa shape index (κ3) is 4.08. The summed E-state index contributed by atoms with van der Waals surface area (Å²) in [5.41, 5.74) is 5.86. The third-order valence-electron chi connectivity index (χ3n) is 2.44. The van der Waals surface area contributed by atoms with Gasteiger partial charge in [0.15, 0.2) is 15.7 Å². The minimum Gasteiger partial charge on any atom is -0.339 e. The van der Waals surface area contributed by atoms with Gasteiger partial charge in [-0.25, -0.2) is 8.42 Å². The van der Waals surface area contributed by atoms with Gasteiger partial charge in [0.1, 0.15) is 5.75 Å². The molecule has 98 valence electrons. The van der Waals surface area contributed by atoms with Crippen molar-refractivity contribution < 1.29 is 12.9 Å². The zero-order valence-corrected chi connectivity index (χ0v) is 11.4. The molecule has 0 saturated carbocycles. The molecule has 6 nitrogen and oxygen atoms in total. The van der Waals surface area contributed by atoms with Gasteiger partial charge in [0.2, 0.25) is 5.89 Å². The van der Waals surface area contributed by atoms with Gasteiger partial charge in [0, 0.05) is 12.3 Å². The van der Waals surface area contributed by atoms with Crippen molar-refractivity contribution in [2.45, 2.75) is 38.5 Å². The highest BCUT2D eigenvalue weighted by Gasteiger charge is 2.26. The Balaban J connectivity index is 2.93. The van der Waals surface area contributed by atoms with E-state index in [-0.39, 0.29) is 29.5 Å². The fraction of sp³-hybridized carbons (Fsp3) is 0.800. The molecule has 0 fully saturated rings. The molecule has 2 N–H and O–H groups in total. The SMILES string of the molecule is CC(C)C(c1nc(CS(C)(=O)=O)no1)C(C)N. The maximum atomic E-state index is 11.1. The van der Waals surface area contributed by atoms with Crippen molar-refractivity contribution in [1.82, 2.24) is 10.1 Å². The third-order valence-corrected chi connectivity index (χ3v) is 3.23. The molecule has 1 aromatic rings. The Morgan fingerprint density at radius 2 is 1.94 bits per heavy atom. The van der Waals surface area contributed by atoms with Crippen molar-refractivity contribution >= 4 is 9.84 Å². The van der Waals surface area contributed by atoms with E-state index in [4.69, 9.17) is 10.3 Å². The predicted molar refractivity (Wildman–Crippen MR) is 64.1 cm³/mol. The summed E-state index contributed by atoms with van der Waals surface area (Å²) in [4.78, 5) is 4.10. The molecule has 1 rings (SSSR count). The number of nitrogens with zero attached hydrogens (tertiary/aromatic N) is 2. The fourth-order valence-corrected chi connectivity index (χ4v) is 2.40. The van der Waals surface area contributed by atoms with E-state index >= 15 is 0 Å². The molecule has 0 aliphatic heterocycles. The fourth-order valence-electron chi connectivity index (χ4n) is 1.81. The molecule has 0 aliphatic rings. The molecule has 2 unspecified atom stereocenters. The topological polar surface area (TPSA) is 99.1 Å². The maximum absolute atomic E-state index is 11.1. The summed E-state index contributed by atoms with van der Waals surface area (Å²) in [5.74, 6) is 0.583. The first kappa shape index (κ1) is 14.1. The van der Waals surface area contributed by atoms with Gasteiger partial charge in [-0.15, -0.1) is 0 Å². The monoisotopic (exact) mass is 261 g/mol. The second-order valence-corrected chi connectivity index (χ2v) is 6.89. The molecular weight excluding hydrogens is 242 g/mol. The van der Waals surface area contributed by atoms with Crippen LogP contribution in [0.25, 0.3) is 0 Å². The maximum Gasteiger partial charge on any atom is 0.231 e. The molecule has 0 aromatic carbocycles. The van der Waals surface area contributed by atoms with Crippen molar-refractivity contribution in [3.8, 4) is 0 Å². The number of hydrogen-bond donors (Lipinski definition) is 1. The Bertz CT molecular complexity index is 457. The van der Waals surface area contributed by atoms with Crippen LogP contribution in [0.4, 0.5) is 0 Å². The highest BCUT2D eigenvalue weighted by molar-refractivity contribution is 7.89. The molecule has 7 heteroatoms. The summed E-state index contributed by atoms with van der Waals surface area (Å²) in [6.45, 7) is 5.88. The summed E-state index contributed by atoms with van der Waals surface area (Å²) < 4.78 is 27.3. The average molecular weight is 261 g/mol. The van der Waals surface area contributed by atoms with Crippen LogP contribution in [0.3, 0.4) is 0 Å². The molecule has 1 heterocycles. The molecule has 0 aliphatic carbocycles. The van der Waals surface area contributed by atoms with Gasteiger partial charge in [-0.3, -0.25) is 0 Å². The van der Waals surface area contributed by atoms with E-state index < -0.39 is 9.84 Å². The Labute approximate surface area is 102 Å². The molecule has 0 radical (unpaired) electrons.